The zero-order chi connectivity index (χ0) is 12.9. The number of thiol groups is 1. The molecule has 0 saturated heterocycles. The fourth-order valence-corrected chi connectivity index (χ4v) is 3.06. The molecule has 0 aliphatic carbocycles. The first-order chi connectivity index (χ1) is 8.22. The van der Waals surface area contributed by atoms with Crippen LogP contribution in [0.1, 0.15) is 84.5 Å². The predicted octanol–water partition coefficient (Wildman–Crippen LogP) is 4.30. The summed E-state index contributed by atoms with van der Waals surface area (Å²) in [5, 5.41) is -0.0601. The number of rotatable bonds is 12. The summed E-state index contributed by atoms with van der Waals surface area (Å²) in [6.07, 6.45) is 13.0. The van der Waals surface area contributed by atoms with Crippen molar-refractivity contribution in [2.24, 2.45) is 0 Å². The summed E-state index contributed by atoms with van der Waals surface area (Å²) in [7, 11) is -2.20. The molecular weight excluding hydrogens is 232 g/mol. The highest BCUT2D eigenvalue weighted by molar-refractivity contribution is 7.73. The fourth-order valence-electron chi connectivity index (χ4n) is 2.20. The Bertz CT molecular complexity index is 216. The molecule has 104 valence electrons. The molecule has 1 atom stereocenters. The lowest BCUT2D eigenvalue weighted by atomic mass is 10.1. The molecule has 17 heavy (non-hydrogen) atoms. The summed E-state index contributed by atoms with van der Waals surface area (Å²) < 4.78 is 21.9. The Labute approximate surface area is 109 Å². The van der Waals surface area contributed by atoms with Crippen molar-refractivity contribution in [2.45, 2.75) is 89.7 Å². The summed E-state index contributed by atoms with van der Waals surface area (Å²) in [5.74, 6) is 0. The second-order valence-electron chi connectivity index (χ2n) is 4.99. The smallest absolute Gasteiger partial charge is 0.143 e. The van der Waals surface area contributed by atoms with Gasteiger partial charge in [-0.25, -0.2) is 8.42 Å². The molecule has 0 saturated carbocycles. The van der Waals surface area contributed by atoms with Gasteiger partial charge in [-0.3, -0.25) is 0 Å². The molecular formula is C14H30O2S. The molecule has 0 bridgehead atoms. The molecule has 0 fully saturated rings. The van der Waals surface area contributed by atoms with Crippen molar-refractivity contribution in [1.29, 1.82) is 0 Å². The van der Waals surface area contributed by atoms with Gasteiger partial charge in [-0.15, -0.1) is 0 Å². The van der Waals surface area contributed by atoms with Crippen LogP contribution in [-0.2, 0) is 10.7 Å². The summed E-state index contributed by atoms with van der Waals surface area (Å²) in [6.45, 7) is 4.29. The summed E-state index contributed by atoms with van der Waals surface area (Å²) in [6, 6.07) is 0. The average molecular weight is 262 g/mol. The minimum atomic E-state index is -2.20. The summed E-state index contributed by atoms with van der Waals surface area (Å²) in [5.41, 5.74) is 0. The van der Waals surface area contributed by atoms with Crippen molar-refractivity contribution in [2.75, 3.05) is 0 Å². The van der Waals surface area contributed by atoms with Gasteiger partial charge in [0.15, 0.2) is 0 Å². The van der Waals surface area contributed by atoms with Crippen LogP contribution in [0.15, 0.2) is 0 Å². The van der Waals surface area contributed by atoms with Gasteiger partial charge in [0, 0.05) is 0 Å². The van der Waals surface area contributed by atoms with Gasteiger partial charge in [-0.05, 0) is 12.8 Å². The second kappa shape index (κ2) is 12.4. The Balaban J connectivity index is 3.36. The standard InChI is InChI=1S/C14H30O2S/c1-3-5-6-7-8-9-10-11-13-14(12-4-2)17(15)16/h14,17H,3-13H2,1-2H3. The van der Waals surface area contributed by atoms with Crippen LogP contribution in [0, 0.1) is 0 Å². The van der Waals surface area contributed by atoms with Crippen molar-refractivity contribution < 1.29 is 8.42 Å². The topological polar surface area (TPSA) is 34.1 Å². The van der Waals surface area contributed by atoms with E-state index in [2.05, 4.69) is 13.8 Å². The van der Waals surface area contributed by atoms with Gasteiger partial charge in [0.1, 0.15) is 10.7 Å². The molecule has 0 N–H and O–H groups in total. The summed E-state index contributed by atoms with van der Waals surface area (Å²) >= 11 is 0. The van der Waals surface area contributed by atoms with E-state index in [1.54, 1.807) is 0 Å². The monoisotopic (exact) mass is 262 g/mol. The molecule has 0 aromatic rings. The molecule has 3 heteroatoms. The third-order valence-electron chi connectivity index (χ3n) is 3.31. The third-order valence-corrected chi connectivity index (χ3v) is 4.42. The van der Waals surface area contributed by atoms with E-state index in [0.29, 0.717) is 0 Å². The van der Waals surface area contributed by atoms with Crippen LogP contribution in [0.3, 0.4) is 0 Å². The first kappa shape index (κ1) is 16.9. The fraction of sp³-hybridized carbons (Fsp3) is 1.00. The first-order valence-corrected chi connectivity index (χ1v) is 8.60. The van der Waals surface area contributed by atoms with E-state index in [1.165, 1.54) is 44.9 Å². The van der Waals surface area contributed by atoms with Gasteiger partial charge in [0.05, 0.1) is 5.25 Å². The van der Waals surface area contributed by atoms with Gasteiger partial charge >= 0.3 is 0 Å². The van der Waals surface area contributed by atoms with Crippen LogP contribution >= 0.6 is 0 Å². The maximum atomic E-state index is 11.0. The largest absolute Gasteiger partial charge is 0.232 e. The van der Waals surface area contributed by atoms with E-state index >= 15 is 0 Å². The van der Waals surface area contributed by atoms with E-state index in [-0.39, 0.29) is 5.25 Å². The van der Waals surface area contributed by atoms with Crippen molar-refractivity contribution in [3.05, 3.63) is 0 Å². The number of unbranched alkanes of at least 4 members (excludes halogenated alkanes) is 7. The van der Waals surface area contributed by atoms with Crippen molar-refractivity contribution in [3.63, 3.8) is 0 Å². The molecule has 1 unspecified atom stereocenters. The van der Waals surface area contributed by atoms with Crippen LogP contribution in [-0.4, -0.2) is 13.7 Å². The lowest BCUT2D eigenvalue weighted by Crippen LogP contribution is -2.09. The number of hydrogen-bond donors (Lipinski definition) is 1. The quantitative estimate of drug-likeness (QED) is 0.420. The van der Waals surface area contributed by atoms with E-state index in [0.717, 1.165) is 25.7 Å². The van der Waals surface area contributed by atoms with Crippen LogP contribution in [0.25, 0.3) is 0 Å². The Morgan fingerprint density at radius 3 is 1.71 bits per heavy atom. The maximum absolute atomic E-state index is 11.0. The van der Waals surface area contributed by atoms with Gasteiger partial charge in [0.2, 0.25) is 0 Å². The second-order valence-corrected chi connectivity index (χ2v) is 6.29. The first-order valence-electron chi connectivity index (χ1n) is 7.35. The minimum absolute atomic E-state index is 0.0601. The average Bonchev–Trinajstić information content (AvgIpc) is 2.31. The predicted molar refractivity (Wildman–Crippen MR) is 76.2 cm³/mol. The lowest BCUT2D eigenvalue weighted by molar-refractivity contribution is 0.535. The van der Waals surface area contributed by atoms with Gasteiger partial charge in [-0.2, -0.15) is 0 Å². The Morgan fingerprint density at radius 2 is 1.24 bits per heavy atom. The molecule has 0 spiro atoms. The molecule has 0 radical (unpaired) electrons. The van der Waals surface area contributed by atoms with E-state index in [9.17, 15) is 8.42 Å². The van der Waals surface area contributed by atoms with Gasteiger partial charge in [0.25, 0.3) is 0 Å². The third kappa shape index (κ3) is 10.8. The van der Waals surface area contributed by atoms with Crippen LogP contribution in [0.5, 0.6) is 0 Å². The molecule has 2 nitrogen and oxygen atoms in total. The summed E-state index contributed by atoms with van der Waals surface area (Å²) in [4.78, 5) is 0. The van der Waals surface area contributed by atoms with E-state index < -0.39 is 10.7 Å². The molecule has 0 aliphatic heterocycles. The van der Waals surface area contributed by atoms with Crippen molar-refractivity contribution in [1.82, 2.24) is 0 Å². The molecule has 0 aromatic heterocycles. The Kier molecular flexibility index (Phi) is 12.4. The highest BCUT2D eigenvalue weighted by Gasteiger charge is 2.09. The SMILES string of the molecule is CCCCCCCCCCC(CCC)[SH](=O)=O. The zero-order valence-electron chi connectivity index (χ0n) is 11.6. The van der Waals surface area contributed by atoms with E-state index in [4.69, 9.17) is 0 Å². The molecule has 0 aliphatic rings. The highest BCUT2D eigenvalue weighted by atomic mass is 32.2. The van der Waals surface area contributed by atoms with Crippen LogP contribution in [0.4, 0.5) is 0 Å². The van der Waals surface area contributed by atoms with Crippen molar-refractivity contribution >= 4 is 10.7 Å². The maximum Gasteiger partial charge on any atom is 0.143 e. The van der Waals surface area contributed by atoms with Crippen LogP contribution in [0.2, 0.25) is 0 Å². The Morgan fingerprint density at radius 1 is 0.706 bits per heavy atom. The van der Waals surface area contributed by atoms with E-state index in [1.807, 2.05) is 0 Å². The van der Waals surface area contributed by atoms with Gasteiger partial charge < -0.3 is 0 Å². The Hall–Kier alpha value is -0.0500. The molecule has 0 aromatic carbocycles. The normalized spacial score (nSPS) is 13.1. The zero-order valence-corrected chi connectivity index (χ0v) is 12.5. The van der Waals surface area contributed by atoms with Gasteiger partial charge in [-0.1, -0.05) is 71.6 Å². The highest BCUT2D eigenvalue weighted by Crippen LogP contribution is 2.14. The number of hydrogen-bond acceptors (Lipinski definition) is 2. The molecule has 0 heterocycles. The van der Waals surface area contributed by atoms with Crippen molar-refractivity contribution in [3.8, 4) is 0 Å². The van der Waals surface area contributed by atoms with Crippen LogP contribution < -0.4 is 0 Å². The molecule has 0 rings (SSSR count). The minimum Gasteiger partial charge on any atom is -0.232 e. The lowest BCUT2D eigenvalue weighted by Gasteiger charge is -2.08. The molecule has 0 amide bonds.